The van der Waals surface area contributed by atoms with E-state index in [4.69, 9.17) is 9.47 Å². The summed E-state index contributed by atoms with van der Waals surface area (Å²) < 4.78 is 10.1. The number of nitrogens with one attached hydrogen (secondary N) is 1. The number of hydrogen-bond acceptors (Lipinski definition) is 6. The molecule has 8 nitrogen and oxygen atoms in total. The molecular formula is C14H13N3O5. The molecule has 2 aromatic rings. The molecule has 0 radical (unpaired) electrons. The zero-order chi connectivity index (χ0) is 16.1. The van der Waals surface area contributed by atoms with Crippen molar-refractivity contribution in [3.05, 3.63) is 52.2 Å². The molecule has 2 rings (SSSR count). The van der Waals surface area contributed by atoms with E-state index >= 15 is 0 Å². The molecule has 0 atom stereocenters. The Kier molecular flexibility index (Phi) is 4.52. The lowest BCUT2D eigenvalue weighted by atomic mass is 10.1. The maximum absolute atomic E-state index is 12.3. The van der Waals surface area contributed by atoms with Crippen LogP contribution in [0.3, 0.4) is 0 Å². The molecule has 0 fully saturated rings. The highest BCUT2D eigenvalue weighted by Gasteiger charge is 2.24. The maximum atomic E-state index is 12.3. The number of rotatable bonds is 5. The zero-order valence-electron chi connectivity index (χ0n) is 11.9. The number of anilines is 1. The van der Waals surface area contributed by atoms with Crippen LogP contribution in [0.15, 0.2) is 36.5 Å². The Morgan fingerprint density at radius 2 is 1.91 bits per heavy atom. The monoisotopic (exact) mass is 303 g/mol. The van der Waals surface area contributed by atoms with Crippen molar-refractivity contribution in [3.63, 3.8) is 0 Å². The van der Waals surface area contributed by atoms with Crippen LogP contribution < -0.4 is 14.8 Å². The Bertz CT molecular complexity index is 703. The van der Waals surface area contributed by atoms with E-state index in [0.717, 1.165) is 6.07 Å². The number of carbonyl (C=O) groups is 1. The van der Waals surface area contributed by atoms with Crippen molar-refractivity contribution in [2.24, 2.45) is 0 Å². The van der Waals surface area contributed by atoms with Crippen LogP contribution in [-0.4, -0.2) is 30.0 Å². The molecule has 0 unspecified atom stereocenters. The number of ether oxygens (including phenoxy) is 2. The summed E-state index contributed by atoms with van der Waals surface area (Å²) >= 11 is 0. The third-order valence-electron chi connectivity index (χ3n) is 2.85. The fourth-order valence-corrected chi connectivity index (χ4v) is 1.82. The minimum absolute atomic E-state index is 0.145. The molecule has 0 bridgehead atoms. The normalized spacial score (nSPS) is 9.91. The van der Waals surface area contributed by atoms with Gasteiger partial charge in [0.15, 0.2) is 11.5 Å². The summed E-state index contributed by atoms with van der Waals surface area (Å²) in [7, 11) is 2.74. The highest BCUT2D eigenvalue weighted by Crippen LogP contribution is 2.34. The van der Waals surface area contributed by atoms with Crippen molar-refractivity contribution in [3.8, 4) is 11.5 Å². The summed E-state index contributed by atoms with van der Waals surface area (Å²) in [6.45, 7) is 0. The number of pyridine rings is 1. The third kappa shape index (κ3) is 3.11. The molecule has 0 aliphatic carbocycles. The lowest BCUT2D eigenvalue weighted by Crippen LogP contribution is -2.15. The molecule has 1 amide bonds. The number of nitro groups is 1. The van der Waals surface area contributed by atoms with E-state index in [1.165, 1.54) is 26.5 Å². The quantitative estimate of drug-likeness (QED) is 0.671. The second-order valence-electron chi connectivity index (χ2n) is 4.15. The van der Waals surface area contributed by atoms with Crippen LogP contribution in [0.4, 0.5) is 11.5 Å². The van der Waals surface area contributed by atoms with Gasteiger partial charge >= 0.3 is 0 Å². The van der Waals surface area contributed by atoms with Crippen molar-refractivity contribution in [2.45, 2.75) is 0 Å². The molecule has 1 aromatic carbocycles. The SMILES string of the molecule is COc1cc(C(=O)Nc2ccccn2)c([N+](=O)[O-])cc1OC. The molecule has 0 saturated heterocycles. The fraction of sp³-hybridized carbons (Fsp3) is 0.143. The Labute approximate surface area is 125 Å². The van der Waals surface area contributed by atoms with E-state index in [9.17, 15) is 14.9 Å². The largest absolute Gasteiger partial charge is 0.493 e. The van der Waals surface area contributed by atoms with Crippen molar-refractivity contribution >= 4 is 17.4 Å². The van der Waals surface area contributed by atoms with Gasteiger partial charge in [0.2, 0.25) is 0 Å². The van der Waals surface area contributed by atoms with E-state index in [1.54, 1.807) is 18.2 Å². The van der Waals surface area contributed by atoms with Gasteiger partial charge in [0, 0.05) is 12.3 Å². The average molecular weight is 303 g/mol. The first kappa shape index (κ1) is 15.2. The van der Waals surface area contributed by atoms with Gasteiger partial charge in [-0.15, -0.1) is 0 Å². The predicted molar refractivity (Wildman–Crippen MR) is 78.4 cm³/mol. The van der Waals surface area contributed by atoms with Gasteiger partial charge in [-0.2, -0.15) is 0 Å². The first-order valence-electron chi connectivity index (χ1n) is 6.19. The van der Waals surface area contributed by atoms with Crippen molar-refractivity contribution in [2.75, 3.05) is 19.5 Å². The predicted octanol–water partition coefficient (Wildman–Crippen LogP) is 2.26. The topological polar surface area (TPSA) is 104 Å². The molecule has 22 heavy (non-hydrogen) atoms. The lowest BCUT2D eigenvalue weighted by molar-refractivity contribution is -0.385. The van der Waals surface area contributed by atoms with Gasteiger partial charge in [-0.3, -0.25) is 14.9 Å². The summed E-state index contributed by atoms with van der Waals surface area (Å²) in [5.41, 5.74) is -0.528. The number of carbonyl (C=O) groups excluding carboxylic acids is 1. The minimum atomic E-state index is -0.661. The van der Waals surface area contributed by atoms with Gasteiger partial charge in [-0.05, 0) is 12.1 Å². The average Bonchev–Trinajstić information content (AvgIpc) is 2.54. The minimum Gasteiger partial charge on any atom is -0.493 e. The molecule has 1 N–H and O–H groups in total. The van der Waals surface area contributed by atoms with Gasteiger partial charge in [-0.25, -0.2) is 4.98 Å². The van der Waals surface area contributed by atoms with E-state index in [0.29, 0.717) is 0 Å². The lowest BCUT2D eigenvalue weighted by Gasteiger charge is -2.10. The number of nitrogens with zero attached hydrogens (tertiary/aromatic N) is 2. The fourth-order valence-electron chi connectivity index (χ4n) is 1.82. The second-order valence-corrected chi connectivity index (χ2v) is 4.15. The summed E-state index contributed by atoms with van der Waals surface area (Å²) in [6, 6.07) is 7.35. The summed E-state index contributed by atoms with van der Waals surface area (Å²) in [6.07, 6.45) is 1.50. The van der Waals surface area contributed by atoms with Crippen LogP contribution >= 0.6 is 0 Å². The van der Waals surface area contributed by atoms with Crippen LogP contribution in [0.1, 0.15) is 10.4 Å². The number of hydrogen-bond donors (Lipinski definition) is 1. The molecule has 0 saturated carbocycles. The number of aromatic nitrogens is 1. The molecule has 1 aromatic heterocycles. The highest BCUT2D eigenvalue weighted by atomic mass is 16.6. The molecule has 0 aliphatic heterocycles. The van der Waals surface area contributed by atoms with Crippen molar-refractivity contribution in [1.29, 1.82) is 0 Å². The number of amides is 1. The summed E-state index contributed by atoms with van der Waals surface area (Å²) in [5, 5.41) is 13.7. The van der Waals surface area contributed by atoms with Crippen molar-refractivity contribution < 1.29 is 19.2 Å². The first-order chi connectivity index (χ1) is 10.6. The van der Waals surface area contributed by atoms with Gasteiger partial charge in [0.1, 0.15) is 11.4 Å². The smallest absolute Gasteiger partial charge is 0.286 e. The zero-order valence-corrected chi connectivity index (χ0v) is 11.9. The van der Waals surface area contributed by atoms with Gasteiger partial charge in [0.05, 0.1) is 25.2 Å². The Hall–Kier alpha value is -3.16. The Morgan fingerprint density at radius 3 is 2.45 bits per heavy atom. The van der Waals surface area contributed by atoms with Gasteiger partial charge in [-0.1, -0.05) is 6.07 Å². The van der Waals surface area contributed by atoms with Crippen LogP contribution in [0.5, 0.6) is 11.5 Å². The van der Waals surface area contributed by atoms with Crippen molar-refractivity contribution in [1.82, 2.24) is 4.98 Å². The molecular weight excluding hydrogens is 290 g/mol. The molecule has 0 aliphatic rings. The Morgan fingerprint density at radius 1 is 1.23 bits per heavy atom. The maximum Gasteiger partial charge on any atom is 0.286 e. The Balaban J connectivity index is 2.44. The summed E-state index contributed by atoms with van der Waals surface area (Å²) in [4.78, 5) is 26.7. The number of methoxy groups -OCH3 is 2. The van der Waals surface area contributed by atoms with E-state index in [2.05, 4.69) is 10.3 Å². The van der Waals surface area contributed by atoms with Crippen LogP contribution in [0.25, 0.3) is 0 Å². The molecule has 8 heteroatoms. The summed E-state index contributed by atoms with van der Waals surface area (Å²) in [5.74, 6) is 0.0193. The first-order valence-corrected chi connectivity index (χ1v) is 6.19. The second kappa shape index (κ2) is 6.53. The van der Waals surface area contributed by atoms with Crippen LogP contribution in [0.2, 0.25) is 0 Å². The van der Waals surface area contributed by atoms with Crippen LogP contribution in [0, 0.1) is 10.1 Å². The number of nitro benzene ring substituents is 1. The van der Waals surface area contributed by atoms with Crippen LogP contribution in [-0.2, 0) is 0 Å². The highest BCUT2D eigenvalue weighted by molar-refractivity contribution is 6.07. The van der Waals surface area contributed by atoms with E-state index < -0.39 is 10.8 Å². The van der Waals surface area contributed by atoms with Gasteiger partial charge in [0.25, 0.3) is 11.6 Å². The molecule has 1 heterocycles. The molecule has 0 spiro atoms. The molecule has 114 valence electrons. The van der Waals surface area contributed by atoms with Gasteiger partial charge < -0.3 is 14.8 Å². The van der Waals surface area contributed by atoms with E-state index in [1.807, 2.05) is 0 Å². The third-order valence-corrected chi connectivity index (χ3v) is 2.85. The number of benzene rings is 1. The standard InChI is InChI=1S/C14H13N3O5/c1-21-11-7-9(10(17(19)20)8-12(11)22-2)14(18)16-13-5-3-4-6-15-13/h3-8H,1-2H3,(H,15,16,18). The van der Waals surface area contributed by atoms with E-state index in [-0.39, 0.29) is 28.6 Å².